The molecule has 0 aliphatic heterocycles. The number of carbonyl (C=O) groups excluding carboxylic acids is 2. The van der Waals surface area contributed by atoms with Crippen molar-refractivity contribution in [2.45, 2.75) is 58.4 Å². The second-order valence-corrected chi connectivity index (χ2v) is 7.59. The number of fused-ring (bicyclic) bond motifs is 1. The first-order valence-corrected chi connectivity index (χ1v) is 8.84. The van der Waals surface area contributed by atoms with E-state index in [1.54, 1.807) is 26.0 Å². The normalized spacial score (nSPS) is 20.1. The van der Waals surface area contributed by atoms with Crippen molar-refractivity contribution in [2.75, 3.05) is 6.54 Å². The van der Waals surface area contributed by atoms with Gasteiger partial charge >= 0.3 is 6.09 Å². The Labute approximate surface area is 149 Å². The third-order valence-corrected chi connectivity index (χ3v) is 5.06. The minimum absolute atomic E-state index is 0.0931. The zero-order valence-electron chi connectivity index (χ0n) is 15.4. The van der Waals surface area contributed by atoms with Gasteiger partial charge in [-0.2, -0.15) is 0 Å². The smallest absolute Gasteiger partial charge is 0.407 e. The lowest BCUT2D eigenvalue weighted by molar-refractivity contribution is -0.125. The van der Waals surface area contributed by atoms with Crippen molar-refractivity contribution in [3.05, 3.63) is 35.4 Å². The van der Waals surface area contributed by atoms with Crippen LogP contribution in [0.2, 0.25) is 0 Å². The van der Waals surface area contributed by atoms with Crippen molar-refractivity contribution in [3.8, 4) is 0 Å². The van der Waals surface area contributed by atoms with Crippen molar-refractivity contribution in [3.63, 3.8) is 0 Å². The van der Waals surface area contributed by atoms with Gasteiger partial charge in [0.2, 0.25) is 0 Å². The minimum atomic E-state index is -1.04. The van der Waals surface area contributed by atoms with E-state index in [1.165, 1.54) is 4.90 Å². The van der Waals surface area contributed by atoms with Gasteiger partial charge in [-0.1, -0.05) is 38.1 Å². The Morgan fingerprint density at radius 3 is 2.40 bits per heavy atom. The highest BCUT2D eigenvalue weighted by molar-refractivity contribution is 6.16. The number of amides is 1. The van der Waals surface area contributed by atoms with Crippen LogP contribution in [-0.4, -0.2) is 40.3 Å². The second kappa shape index (κ2) is 7.38. The summed E-state index contributed by atoms with van der Waals surface area (Å²) < 4.78 is 0. The maximum Gasteiger partial charge on any atom is 0.407 e. The zero-order chi connectivity index (χ0) is 18.8. The van der Waals surface area contributed by atoms with E-state index in [2.05, 4.69) is 13.8 Å². The van der Waals surface area contributed by atoms with E-state index >= 15 is 0 Å². The van der Waals surface area contributed by atoms with Crippen molar-refractivity contribution < 1.29 is 19.5 Å². The lowest BCUT2D eigenvalue weighted by atomic mass is 9.65. The Balaban J connectivity index is 2.58. The van der Waals surface area contributed by atoms with Gasteiger partial charge < -0.3 is 10.0 Å². The third kappa shape index (κ3) is 3.75. The first kappa shape index (κ1) is 19.2. The molecule has 0 aromatic heterocycles. The van der Waals surface area contributed by atoms with E-state index in [0.717, 1.165) is 6.42 Å². The molecule has 0 heterocycles. The lowest BCUT2D eigenvalue weighted by Crippen LogP contribution is -2.53. The van der Waals surface area contributed by atoms with Crippen molar-refractivity contribution >= 4 is 17.7 Å². The molecule has 1 aromatic carbocycles. The Bertz CT molecular complexity index is 680. The average molecular weight is 345 g/mol. The number of benzene rings is 1. The minimum Gasteiger partial charge on any atom is -0.465 e. The van der Waals surface area contributed by atoms with Gasteiger partial charge in [0.1, 0.15) is 0 Å². The van der Waals surface area contributed by atoms with Gasteiger partial charge in [0.15, 0.2) is 11.6 Å². The third-order valence-electron chi connectivity index (χ3n) is 5.06. The van der Waals surface area contributed by atoms with Crippen LogP contribution < -0.4 is 0 Å². The molecule has 1 amide bonds. The Hall–Kier alpha value is -2.17. The van der Waals surface area contributed by atoms with E-state index in [4.69, 9.17) is 0 Å². The summed E-state index contributed by atoms with van der Waals surface area (Å²) >= 11 is 0. The van der Waals surface area contributed by atoms with Crippen LogP contribution >= 0.6 is 0 Å². The number of carboxylic acid groups (broad SMARTS) is 1. The van der Waals surface area contributed by atoms with E-state index in [9.17, 15) is 19.5 Å². The molecule has 0 saturated carbocycles. The molecule has 5 nitrogen and oxygen atoms in total. The summed E-state index contributed by atoms with van der Waals surface area (Å²) in [7, 11) is 0. The second-order valence-electron chi connectivity index (χ2n) is 7.59. The number of carbonyl (C=O) groups is 3. The van der Waals surface area contributed by atoms with Gasteiger partial charge in [-0.25, -0.2) is 4.79 Å². The van der Waals surface area contributed by atoms with Crippen molar-refractivity contribution in [1.29, 1.82) is 0 Å². The number of rotatable bonds is 6. The van der Waals surface area contributed by atoms with Gasteiger partial charge in [0.05, 0.1) is 11.8 Å². The van der Waals surface area contributed by atoms with E-state index in [-0.39, 0.29) is 30.6 Å². The van der Waals surface area contributed by atoms with Crippen LogP contribution in [0.25, 0.3) is 0 Å². The topological polar surface area (TPSA) is 74.7 Å². The number of nitrogens with zero attached hydrogens (tertiary/aromatic N) is 1. The molecular formula is C20H27NO4. The van der Waals surface area contributed by atoms with Crippen LogP contribution in [0.4, 0.5) is 4.79 Å². The quantitative estimate of drug-likeness (QED) is 0.793. The Morgan fingerprint density at radius 2 is 1.84 bits per heavy atom. The fraction of sp³-hybridized carbons (Fsp3) is 0.550. The summed E-state index contributed by atoms with van der Waals surface area (Å²) in [6.07, 6.45) is 0.145. The monoisotopic (exact) mass is 345 g/mol. The molecule has 0 radical (unpaired) electrons. The van der Waals surface area contributed by atoms with Gasteiger partial charge in [-0.3, -0.25) is 9.59 Å². The van der Waals surface area contributed by atoms with Gasteiger partial charge in [-0.15, -0.1) is 0 Å². The summed E-state index contributed by atoms with van der Waals surface area (Å²) in [6, 6.07) is 6.91. The van der Waals surface area contributed by atoms with Crippen LogP contribution in [0.5, 0.6) is 0 Å². The molecule has 0 fully saturated rings. The maximum absolute atomic E-state index is 13.0. The fourth-order valence-corrected chi connectivity index (χ4v) is 3.53. The van der Waals surface area contributed by atoms with E-state index in [1.807, 2.05) is 12.1 Å². The van der Waals surface area contributed by atoms with Crippen LogP contribution in [0, 0.1) is 5.92 Å². The molecule has 1 N–H and O–H groups in total. The molecule has 1 aliphatic rings. The summed E-state index contributed by atoms with van der Waals surface area (Å²) in [4.78, 5) is 38.4. The highest BCUT2D eigenvalue weighted by Gasteiger charge is 2.48. The summed E-state index contributed by atoms with van der Waals surface area (Å²) in [5, 5.41) is 9.60. The van der Waals surface area contributed by atoms with Crippen molar-refractivity contribution in [2.24, 2.45) is 5.92 Å². The van der Waals surface area contributed by atoms with Crippen molar-refractivity contribution in [1.82, 2.24) is 4.90 Å². The maximum atomic E-state index is 13.0. The molecule has 1 aromatic rings. The molecule has 1 unspecified atom stereocenters. The molecule has 2 rings (SSSR count). The molecule has 25 heavy (non-hydrogen) atoms. The predicted molar refractivity (Wildman–Crippen MR) is 96.0 cm³/mol. The highest BCUT2D eigenvalue weighted by atomic mass is 16.4. The highest BCUT2D eigenvalue weighted by Crippen LogP contribution is 2.40. The van der Waals surface area contributed by atoms with E-state index in [0.29, 0.717) is 23.5 Å². The molecule has 1 atom stereocenters. The Kier molecular flexibility index (Phi) is 5.65. The standard InChI is InChI=1S/C20H27NO4/c1-13(2)9-10-20(12-21(14(3)4)19(24)25)16-8-6-5-7-15(16)17(22)11-18(20)23/h5-8,13-14H,9-12H2,1-4H3,(H,24,25). The summed E-state index contributed by atoms with van der Waals surface area (Å²) in [5.41, 5.74) is 0.293. The number of hydrogen-bond donors (Lipinski definition) is 1. The predicted octanol–water partition coefficient (Wildman–Crippen LogP) is 3.90. The lowest BCUT2D eigenvalue weighted by Gasteiger charge is -2.41. The first-order valence-electron chi connectivity index (χ1n) is 8.84. The molecular weight excluding hydrogens is 318 g/mol. The van der Waals surface area contributed by atoms with Gasteiger partial charge in [0.25, 0.3) is 0 Å². The number of Topliss-reactive ketones (excluding diaryl/α,β-unsaturated/α-hetero) is 2. The first-order chi connectivity index (χ1) is 11.7. The molecule has 0 saturated heterocycles. The van der Waals surface area contributed by atoms with Gasteiger partial charge in [-0.05, 0) is 38.2 Å². The Morgan fingerprint density at radius 1 is 1.20 bits per heavy atom. The van der Waals surface area contributed by atoms with Crippen LogP contribution in [0.3, 0.4) is 0 Å². The largest absolute Gasteiger partial charge is 0.465 e. The van der Waals surface area contributed by atoms with E-state index < -0.39 is 11.5 Å². The average Bonchev–Trinajstić information content (AvgIpc) is 2.53. The number of ketones is 2. The fourth-order valence-electron chi connectivity index (χ4n) is 3.53. The summed E-state index contributed by atoms with van der Waals surface area (Å²) in [5.74, 6) is 0.0442. The molecule has 0 bridgehead atoms. The molecule has 0 spiro atoms. The van der Waals surface area contributed by atoms with Crippen LogP contribution in [0.15, 0.2) is 24.3 Å². The van der Waals surface area contributed by atoms with Crippen LogP contribution in [0.1, 0.15) is 62.9 Å². The molecule has 5 heteroatoms. The molecule has 1 aliphatic carbocycles. The van der Waals surface area contributed by atoms with Gasteiger partial charge in [0, 0.05) is 18.2 Å². The summed E-state index contributed by atoms with van der Waals surface area (Å²) in [6.45, 7) is 7.85. The SMILES string of the molecule is CC(C)CCC1(CN(C(=O)O)C(C)C)C(=O)CC(=O)c2ccccc21. The van der Waals surface area contributed by atoms with Crippen LogP contribution in [-0.2, 0) is 10.2 Å². The molecule has 136 valence electrons. The zero-order valence-corrected chi connectivity index (χ0v) is 15.4. The number of hydrogen-bond acceptors (Lipinski definition) is 3.